The summed E-state index contributed by atoms with van der Waals surface area (Å²) < 4.78 is 9.25. The van der Waals surface area contributed by atoms with Crippen LogP contribution < -0.4 is 0 Å². The van der Waals surface area contributed by atoms with E-state index in [1.807, 2.05) is 6.92 Å². The Morgan fingerprint density at radius 3 is 2.42 bits per heavy atom. The molecule has 1 heterocycles. The fraction of sp³-hybridized carbons (Fsp3) is 0.792. The van der Waals surface area contributed by atoms with Gasteiger partial charge in [-0.3, -0.25) is 9.59 Å². The Morgan fingerprint density at radius 1 is 1.15 bits per heavy atom. The van der Waals surface area contributed by atoms with Gasteiger partial charge < -0.3 is 24.6 Å². The van der Waals surface area contributed by atoms with Gasteiger partial charge in [-0.1, -0.05) is 19.9 Å². The molecule has 0 bridgehead atoms. The van der Waals surface area contributed by atoms with E-state index in [1.54, 1.807) is 50.5 Å². The number of rotatable bonds is 8. The molecule has 0 aromatic heterocycles. The molecule has 0 radical (unpaired) electrons. The third kappa shape index (κ3) is 6.99. The predicted octanol–water partition coefficient (Wildman–Crippen LogP) is 2.77. The number of aliphatic hydroxyl groups is 2. The van der Waals surface area contributed by atoms with Gasteiger partial charge in [0, 0.05) is 13.7 Å². The Morgan fingerprint density at radius 2 is 1.82 bits per heavy atom. The Balaban J connectivity index is 2.05. The number of Topliss-reactive ketones (excluding diaryl/α,β-unsaturated/α-hetero) is 1. The second-order valence-corrected chi connectivity index (χ2v) is 11.2. The van der Waals surface area contributed by atoms with Gasteiger partial charge in [-0.05, 0) is 92.4 Å². The molecule has 1 amide bonds. The number of amides is 1. The lowest BCUT2D eigenvalue weighted by Crippen LogP contribution is -2.55. The summed E-state index contributed by atoms with van der Waals surface area (Å²) in [6, 6.07) is -0.840. The van der Waals surface area contributed by atoms with Gasteiger partial charge in [-0.25, -0.2) is 4.79 Å². The standard InChI is InChI=1S/C24H38INO7/c1-14(2)24(25,31)21(28)22(29)26-11-7-6-8-18(26)23(30)33-16(4)15(3)12-17-9-10-19(27)20(13-17)32-5/h12,14,16-20,27,31H,6-11,13H2,1-5H3/b15-12+/t16-,17-,18-,19+,20+,24-/m0/s1. The number of ketones is 1. The lowest BCUT2D eigenvalue weighted by atomic mass is 9.84. The number of aliphatic hydroxyl groups excluding tert-OH is 1. The number of methoxy groups -OCH3 is 1. The summed E-state index contributed by atoms with van der Waals surface area (Å²) in [6.45, 7) is 7.30. The van der Waals surface area contributed by atoms with Crippen LogP contribution in [0.1, 0.15) is 66.2 Å². The van der Waals surface area contributed by atoms with Gasteiger partial charge in [0.15, 0.2) is 3.61 Å². The molecule has 2 fully saturated rings. The number of hydrogen-bond donors (Lipinski definition) is 2. The number of nitrogens with zero attached hydrogens (tertiary/aromatic N) is 1. The van der Waals surface area contributed by atoms with E-state index in [-0.39, 0.29) is 18.6 Å². The first kappa shape index (κ1) is 28.2. The number of esters is 1. The molecule has 0 aromatic carbocycles. The molecule has 2 N–H and O–H groups in total. The molecule has 0 aromatic rings. The van der Waals surface area contributed by atoms with Crippen molar-refractivity contribution in [2.24, 2.45) is 11.8 Å². The molecule has 1 saturated heterocycles. The van der Waals surface area contributed by atoms with Crippen LogP contribution in [-0.2, 0) is 23.9 Å². The predicted molar refractivity (Wildman–Crippen MR) is 132 cm³/mol. The molecule has 0 unspecified atom stereocenters. The molecule has 8 nitrogen and oxygen atoms in total. The fourth-order valence-electron chi connectivity index (χ4n) is 4.36. The minimum Gasteiger partial charge on any atom is -0.457 e. The van der Waals surface area contributed by atoms with Crippen LogP contribution in [0.3, 0.4) is 0 Å². The minimum absolute atomic E-state index is 0.201. The maximum atomic E-state index is 13.0. The third-order valence-electron chi connectivity index (χ3n) is 6.85. The first-order valence-electron chi connectivity index (χ1n) is 11.8. The molecule has 9 heteroatoms. The second kappa shape index (κ2) is 12.1. The topological polar surface area (TPSA) is 113 Å². The van der Waals surface area contributed by atoms with Gasteiger partial charge >= 0.3 is 5.97 Å². The van der Waals surface area contributed by atoms with Crippen molar-refractivity contribution in [1.82, 2.24) is 4.90 Å². The van der Waals surface area contributed by atoms with E-state index in [9.17, 15) is 24.6 Å². The van der Waals surface area contributed by atoms with Gasteiger partial charge in [0.05, 0.1) is 12.2 Å². The Labute approximate surface area is 210 Å². The molecule has 1 aliphatic heterocycles. The number of halogens is 1. The third-order valence-corrected chi connectivity index (χ3v) is 8.58. The van der Waals surface area contributed by atoms with Crippen LogP contribution in [0.2, 0.25) is 0 Å². The smallest absolute Gasteiger partial charge is 0.329 e. The van der Waals surface area contributed by atoms with Crippen molar-refractivity contribution in [3.8, 4) is 0 Å². The maximum Gasteiger partial charge on any atom is 0.329 e. The van der Waals surface area contributed by atoms with E-state index in [1.165, 1.54) is 4.90 Å². The lowest BCUT2D eigenvalue weighted by Gasteiger charge is -2.36. The first-order valence-corrected chi connectivity index (χ1v) is 12.8. The van der Waals surface area contributed by atoms with Crippen molar-refractivity contribution >= 4 is 40.3 Å². The summed E-state index contributed by atoms with van der Waals surface area (Å²) in [6.07, 6.45) is 4.99. The molecule has 188 valence electrons. The van der Waals surface area contributed by atoms with Crippen molar-refractivity contribution in [3.05, 3.63) is 11.6 Å². The van der Waals surface area contributed by atoms with Crippen molar-refractivity contribution in [1.29, 1.82) is 0 Å². The molecular weight excluding hydrogens is 541 g/mol. The number of hydrogen-bond acceptors (Lipinski definition) is 7. The number of allylic oxidation sites excluding steroid dienone is 1. The monoisotopic (exact) mass is 579 g/mol. The summed E-state index contributed by atoms with van der Waals surface area (Å²) in [4.78, 5) is 39.8. The van der Waals surface area contributed by atoms with Crippen LogP contribution in [0.25, 0.3) is 0 Å². The van der Waals surface area contributed by atoms with Crippen LogP contribution in [0.4, 0.5) is 0 Å². The van der Waals surface area contributed by atoms with E-state index < -0.39 is 45.4 Å². The van der Waals surface area contributed by atoms with Gasteiger partial charge in [-0.2, -0.15) is 0 Å². The van der Waals surface area contributed by atoms with Crippen LogP contribution in [0.15, 0.2) is 11.6 Å². The SMILES string of the molecule is CO[C@@H]1C[C@H](/C=C(\C)[C@H](C)OC(=O)[C@@H]2CCCCN2C(=O)C(=O)[C@](O)(I)C(C)C)CC[C@H]1O. The van der Waals surface area contributed by atoms with Crippen LogP contribution in [0.5, 0.6) is 0 Å². The molecule has 0 spiro atoms. The molecule has 33 heavy (non-hydrogen) atoms. The summed E-state index contributed by atoms with van der Waals surface area (Å²) in [5.41, 5.74) is 0.894. The summed E-state index contributed by atoms with van der Waals surface area (Å²) >= 11 is 1.60. The van der Waals surface area contributed by atoms with Crippen molar-refractivity contribution in [3.63, 3.8) is 0 Å². The van der Waals surface area contributed by atoms with E-state index in [4.69, 9.17) is 9.47 Å². The zero-order chi connectivity index (χ0) is 24.9. The van der Waals surface area contributed by atoms with Gasteiger partial charge in [-0.15, -0.1) is 0 Å². The highest BCUT2D eigenvalue weighted by Crippen LogP contribution is 2.30. The summed E-state index contributed by atoms with van der Waals surface area (Å²) in [5.74, 6) is -2.51. The molecule has 2 rings (SSSR count). The van der Waals surface area contributed by atoms with Gasteiger partial charge in [0.1, 0.15) is 12.1 Å². The Kier molecular flexibility index (Phi) is 10.3. The van der Waals surface area contributed by atoms with Crippen LogP contribution >= 0.6 is 22.6 Å². The number of piperidine rings is 1. The first-order chi connectivity index (χ1) is 15.4. The van der Waals surface area contributed by atoms with Crippen molar-refractivity contribution < 1.29 is 34.1 Å². The van der Waals surface area contributed by atoms with Gasteiger partial charge in [0.2, 0.25) is 0 Å². The second-order valence-electron chi connectivity index (χ2n) is 9.57. The fourth-order valence-corrected chi connectivity index (χ4v) is 4.59. The van der Waals surface area contributed by atoms with Gasteiger partial charge in [0.25, 0.3) is 11.7 Å². The molecular formula is C24H38INO7. The zero-order valence-corrected chi connectivity index (χ0v) is 22.4. The molecule has 1 saturated carbocycles. The Bertz CT molecular complexity index is 751. The Hall–Kier alpha value is -1.04. The minimum atomic E-state index is -1.82. The highest BCUT2D eigenvalue weighted by atomic mass is 127. The zero-order valence-electron chi connectivity index (χ0n) is 20.3. The summed E-state index contributed by atoms with van der Waals surface area (Å²) in [7, 11) is 1.60. The summed E-state index contributed by atoms with van der Waals surface area (Å²) in [5, 5.41) is 20.4. The van der Waals surface area contributed by atoms with Crippen molar-refractivity contribution in [2.75, 3.05) is 13.7 Å². The molecule has 6 atom stereocenters. The number of alkyl halides is 1. The number of ether oxygens (including phenoxy) is 2. The number of carbonyl (C=O) groups excluding carboxylic acids is 3. The highest BCUT2D eigenvalue weighted by Gasteiger charge is 2.45. The highest BCUT2D eigenvalue weighted by molar-refractivity contribution is 14.1. The lowest BCUT2D eigenvalue weighted by molar-refractivity contribution is -0.163. The van der Waals surface area contributed by atoms with Crippen LogP contribution in [-0.4, -0.2) is 74.4 Å². The molecule has 1 aliphatic carbocycles. The number of likely N-dealkylation sites (tertiary alicyclic amines) is 1. The largest absolute Gasteiger partial charge is 0.457 e. The molecule has 2 aliphatic rings. The average Bonchev–Trinajstić information content (AvgIpc) is 2.78. The van der Waals surface area contributed by atoms with E-state index in [2.05, 4.69) is 6.08 Å². The van der Waals surface area contributed by atoms with E-state index in [0.717, 1.165) is 18.4 Å². The van der Waals surface area contributed by atoms with E-state index in [0.29, 0.717) is 25.7 Å². The number of carbonyl (C=O) groups is 3. The van der Waals surface area contributed by atoms with Crippen LogP contribution in [0, 0.1) is 11.8 Å². The maximum absolute atomic E-state index is 13.0. The normalized spacial score (nSPS) is 29.4. The quantitative estimate of drug-likeness (QED) is 0.150. The average molecular weight is 579 g/mol. The van der Waals surface area contributed by atoms with E-state index >= 15 is 0 Å². The van der Waals surface area contributed by atoms with Crippen molar-refractivity contribution in [2.45, 2.75) is 94.2 Å².